The minimum Gasteiger partial charge on any atom is -0.340 e. The Hall–Kier alpha value is -2.91. The van der Waals surface area contributed by atoms with Crippen molar-refractivity contribution in [1.29, 1.82) is 5.26 Å². The molecular weight excluding hydrogens is 280 g/mol. The molecule has 0 atom stereocenters. The van der Waals surface area contributed by atoms with E-state index in [9.17, 15) is 14.9 Å². The highest BCUT2D eigenvalue weighted by Gasteiger charge is 2.19. The van der Waals surface area contributed by atoms with Crippen molar-refractivity contribution >= 4 is 6.03 Å². The number of pyridine rings is 1. The van der Waals surface area contributed by atoms with Crippen LogP contribution in [-0.4, -0.2) is 24.7 Å². The minimum absolute atomic E-state index is 0.0466. The molecule has 0 fully saturated rings. The molecule has 1 amide bonds. The van der Waals surface area contributed by atoms with Crippen LogP contribution in [0, 0.1) is 11.3 Å². The Kier molecular flexibility index (Phi) is 4.71. The number of rotatable bonds is 3. The van der Waals surface area contributed by atoms with Gasteiger partial charge in [0.2, 0.25) is 0 Å². The Labute approximate surface area is 128 Å². The summed E-state index contributed by atoms with van der Waals surface area (Å²) in [5.41, 5.74) is 1.11. The minimum atomic E-state index is -0.617. The van der Waals surface area contributed by atoms with Crippen LogP contribution < -0.4 is 16.2 Å². The average molecular weight is 296 g/mol. The van der Waals surface area contributed by atoms with Crippen LogP contribution in [0.15, 0.2) is 41.2 Å². The normalized spacial score (nSPS) is 10.0. The summed E-state index contributed by atoms with van der Waals surface area (Å²) in [5, 5.41) is 14.7. The molecule has 0 aliphatic heterocycles. The van der Waals surface area contributed by atoms with Crippen LogP contribution in [-0.2, 0) is 6.54 Å². The van der Waals surface area contributed by atoms with Gasteiger partial charge >= 0.3 is 6.03 Å². The SMILES string of the molecule is CNCc1cc(-c2ccccc2)c(C#N)c(=O)n1C(=O)NC. The predicted octanol–water partition coefficient (Wildman–Crippen LogP) is 1.29. The smallest absolute Gasteiger partial charge is 0.328 e. The number of hydrogen-bond acceptors (Lipinski definition) is 4. The molecule has 0 saturated carbocycles. The molecular formula is C16H16N4O2. The Morgan fingerprint density at radius 3 is 2.50 bits per heavy atom. The Morgan fingerprint density at radius 2 is 1.95 bits per heavy atom. The molecule has 1 heterocycles. The van der Waals surface area contributed by atoms with Crippen molar-refractivity contribution < 1.29 is 4.79 Å². The second-order valence-electron chi connectivity index (χ2n) is 4.63. The molecule has 0 radical (unpaired) electrons. The van der Waals surface area contributed by atoms with Gasteiger partial charge in [-0.1, -0.05) is 30.3 Å². The molecule has 6 nitrogen and oxygen atoms in total. The van der Waals surface area contributed by atoms with Crippen LogP contribution in [0.2, 0.25) is 0 Å². The topological polar surface area (TPSA) is 86.9 Å². The number of aromatic nitrogens is 1. The van der Waals surface area contributed by atoms with Crippen LogP contribution in [0.1, 0.15) is 11.3 Å². The first kappa shape index (κ1) is 15.5. The maximum Gasteiger partial charge on any atom is 0.328 e. The fourth-order valence-electron chi connectivity index (χ4n) is 2.26. The standard InChI is InChI=1S/C16H16N4O2/c1-18-10-12-8-13(11-6-4-3-5-7-11)14(9-17)15(21)20(12)16(22)19-2/h3-8,18H,10H2,1-2H3,(H,19,22). The quantitative estimate of drug-likeness (QED) is 0.893. The largest absolute Gasteiger partial charge is 0.340 e. The van der Waals surface area contributed by atoms with Gasteiger partial charge in [-0.2, -0.15) is 5.26 Å². The van der Waals surface area contributed by atoms with Gasteiger partial charge in [0.25, 0.3) is 5.56 Å². The van der Waals surface area contributed by atoms with E-state index in [2.05, 4.69) is 10.6 Å². The molecule has 0 aliphatic rings. The number of benzene rings is 1. The number of amides is 1. The maximum atomic E-state index is 12.5. The molecule has 0 saturated heterocycles. The molecule has 2 aromatic rings. The summed E-state index contributed by atoms with van der Waals surface area (Å²) in [4.78, 5) is 24.5. The van der Waals surface area contributed by atoms with Crippen LogP contribution in [0.4, 0.5) is 4.79 Å². The van der Waals surface area contributed by atoms with Crippen molar-refractivity contribution in [2.24, 2.45) is 0 Å². The third kappa shape index (κ3) is 2.75. The summed E-state index contributed by atoms with van der Waals surface area (Å²) in [5.74, 6) is 0. The monoisotopic (exact) mass is 296 g/mol. The number of carbonyl (C=O) groups excluding carboxylic acids is 1. The maximum absolute atomic E-state index is 12.5. The molecule has 0 bridgehead atoms. The second kappa shape index (κ2) is 6.70. The van der Waals surface area contributed by atoms with Crippen molar-refractivity contribution in [2.45, 2.75) is 6.54 Å². The van der Waals surface area contributed by atoms with E-state index in [1.54, 1.807) is 13.1 Å². The molecule has 22 heavy (non-hydrogen) atoms. The first-order valence-corrected chi connectivity index (χ1v) is 6.75. The third-order valence-corrected chi connectivity index (χ3v) is 3.26. The number of carbonyl (C=O) groups is 1. The highest BCUT2D eigenvalue weighted by molar-refractivity contribution is 5.80. The van der Waals surface area contributed by atoms with Gasteiger partial charge in [0.05, 0.1) is 0 Å². The van der Waals surface area contributed by atoms with Crippen LogP contribution in [0.3, 0.4) is 0 Å². The highest BCUT2D eigenvalue weighted by Crippen LogP contribution is 2.22. The molecule has 112 valence electrons. The summed E-state index contributed by atoms with van der Waals surface area (Å²) in [7, 11) is 3.16. The van der Waals surface area contributed by atoms with Gasteiger partial charge in [0.15, 0.2) is 0 Å². The van der Waals surface area contributed by atoms with Gasteiger partial charge in [-0.3, -0.25) is 4.79 Å². The lowest BCUT2D eigenvalue weighted by molar-refractivity contribution is 0.242. The lowest BCUT2D eigenvalue weighted by Gasteiger charge is -2.14. The zero-order chi connectivity index (χ0) is 16.1. The fraction of sp³-hybridized carbons (Fsp3) is 0.188. The summed E-state index contributed by atoms with van der Waals surface area (Å²) >= 11 is 0. The van der Waals surface area contributed by atoms with Crippen molar-refractivity contribution in [3.8, 4) is 17.2 Å². The van der Waals surface area contributed by atoms with Crippen LogP contribution in [0.25, 0.3) is 11.1 Å². The second-order valence-corrected chi connectivity index (χ2v) is 4.63. The van der Waals surface area contributed by atoms with Gasteiger partial charge in [-0.25, -0.2) is 9.36 Å². The van der Waals surface area contributed by atoms with Crippen molar-refractivity contribution in [3.05, 3.63) is 58.0 Å². The van der Waals surface area contributed by atoms with E-state index < -0.39 is 11.6 Å². The van der Waals surface area contributed by atoms with Gasteiger partial charge in [-0.15, -0.1) is 0 Å². The van der Waals surface area contributed by atoms with E-state index in [1.165, 1.54) is 7.05 Å². The van der Waals surface area contributed by atoms with Crippen molar-refractivity contribution in [2.75, 3.05) is 14.1 Å². The Bertz CT molecular complexity index is 788. The summed E-state index contributed by atoms with van der Waals surface area (Å²) in [6, 6.07) is 12.2. The van der Waals surface area contributed by atoms with Gasteiger partial charge in [0.1, 0.15) is 11.6 Å². The van der Waals surface area contributed by atoms with Crippen LogP contribution in [0.5, 0.6) is 0 Å². The van der Waals surface area contributed by atoms with E-state index in [4.69, 9.17) is 0 Å². The number of hydrogen-bond donors (Lipinski definition) is 2. The number of nitrogens with one attached hydrogen (secondary N) is 2. The molecule has 1 aromatic carbocycles. The lowest BCUT2D eigenvalue weighted by atomic mass is 10.0. The lowest BCUT2D eigenvalue weighted by Crippen LogP contribution is -2.38. The third-order valence-electron chi connectivity index (χ3n) is 3.26. The highest BCUT2D eigenvalue weighted by atomic mass is 16.2. The van der Waals surface area contributed by atoms with Gasteiger partial charge in [0, 0.05) is 24.8 Å². The Morgan fingerprint density at radius 1 is 1.27 bits per heavy atom. The summed E-state index contributed by atoms with van der Waals surface area (Å²) in [6.45, 7) is 0.328. The van der Waals surface area contributed by atoms with Crippen molar-refractivity contribution in [3.63, 3.8) is 0 Å². The molecule has 6 heteroatoms. The van der Waals surface area contributed by atoms with Crippen molar-refractivity contribution in [1.82, 2.24) is 15.2 Å². The zero-order valence-corrected chi connectivity index (χ0v) is 12.4. The molecule has 2 rings (SSSR count). The first-order valence-electron chi connectivity index (χ1n) is 6.75. The molecule has 0 unspecified atom stereocenters. The molecule has 1 aromatic heterocycles. The van der Waals surface area contributed by atoms with E-state index >= 15 is 0 Å². The molecule has 0 aliphatic carbocycles. The zero-order valence-electron chi connectivity index (χ0n) is 12.4. The average Bonchev–Trinajstić information content (AvgIpc) is 2.55. The molecule has 0 spiro atoms. The number of nitrogens with zero attached hydrogens (tertiary/aromatic N) is 2. The number of nitriles is 1. The molecule has 2 N–H and O–H groups in total. The Balaban J connectivity index is 2.80. The van der Waals surface area contributed by atoms with E-state index in [0.717, 1.165) is 10.1 Å². The predicted molar refractivity (Wildman–Crippen MR) is 83.5 cm³/mol. The van der Waals surface area contributed by atoms with Gasteiger partial charge in [-0.05, 0) is 18.7 Å². The van der Waals surface area contributed by atoms with E-state index in [0.29, 0.717) is 17.8 Å². The van der Waals surface area contributed by atoms with E-state index in [1.807, 2.05) is 36.4 Å². The summed E-state index contributed by atoms with van der Waals surface area (Å²) < 4.78 is 0.988. The first-order chi connectivity index (χ1) is 10.6. The summed E-state index contributed by atoms with van der Waals surface area (Å²) in [6.07, 6.45) is 0. The van der Waals surface area contributed by atoms with E-state index in [-0.39, 0.29) is 5.56 Å². The van der Waals surface area contributed by atoms with Crippen LogP contribution >= 0.6 is 0 Å². The van der Waals surface area contributed by atoms with Gasteiger partial charge < -0.3 is 10.6 Å². The fourth-order valence-corrected chi connectivity index (χ4v) is 2.26.